The Morgan fingerprint density at radius 1 is 0.941 bits per heavy atom. The molecule has 0 aromatic heterocycles. The molecule has 11 heteroatoms. The van der Waals surface area contributed by atoms with Gasteiger partial charge in [0.2, 0.25) is 0 Å². The summed E-state index contributed by atoms with van der Waals surface area (Å²) in [5, 5.41) is 6.10. The molecule has 1 aliphatic heterocycles. The van der Waals surface area contributed by atoms with E-state index in [2.05, 4.69) is 15.4 Å². The Morgan fingerprint density at radius 2 is 1.62 bits per heavy atom. The van der Waals surface area contributed by atoms with E-state index >= 15 is 0 Å². The van der Waals surface area contributed by atoms with Crippen molar-refractivity contribution in [3.63, 3.8) is 0 Å². The second-order valence-corrected chi connectivity index (χ2v) is 11.8. The minimum Gasteiger partial charge on any atom is -0.349 e. The second kappa shape index (κ2) is 11.0. The zero-order chi connectivity index (χ0) is 24.3. The zero-order valence-electron chi connectivity index (χ0n) is 18.6. The third-order valence-corrected chi connectivity index (χ3v) is 8.68. The fourth-order valence-corrected chi connectivity index (χ4v) is 6.23. The molecule has 2 fully saturated rings. The number of halogens is 4. The van der Waals surface area contributed by atoms with Crippen molar-refractivity contribution >= 4 is 49.9 Å². The first-order valence-electron chi connectivity index (χ1n) is 11.4. The van der Waals surface area contributed by atoms with E-state index < -0.39 is 33.3 Å². The molecule has 1 heterocycles. The summed E-state index contributed by atoms with van der Waals surface area (Å²) in [7, 11) is -4.01. The Hall–Kier alpha value is -1.57. The second-order valence-electron chi connectivity index (χ2n) is 8.87. The molecule has 1 saturated carbocycles. The Kier molecular flexibility index (Phi) is 8.26. The van der Waals surface area contributed by atoms with Crippen LogP contribution in [-0.2, 0) is 10.2 Å². The molecule has 34 heavy (non-hydrogen) atoms. The molecule has 2 aromatic carbocycles. The monoisotopic (exact) mass is 608 g/mol. The summed E-state index contributed by atoms with van der Waals surface area (Å²) < 4.78 is 73.2. The molecule has 0 bridgehead atoms. The van der Waals surface area contributed by atoms with Gasteiger partial charge in [0.25, 0.3) is 0 Å². The first-order valence-corrected chi connectivity index (χ1v) is 14.0. The Bertz CT molecular complexity index is 1120. The van der Waals surface area contributed by atoms with Crippen molar-refractivity contribution in [2.24, 2.45) is 5.92 Å². The van der Waals surface area contributed by atoms with Crippen molar-refractivity contribution in [3.8, 4) is 0 Å². The quantitative estimate of drug-likeness (QED) is 0.354. The van der Waals surface area contributed by atoms with Crippen LogP contribution in [0.4, 0.5) is 30.2 Å². The van der Waals surface area contributed by atoms with Crippen LogP contribution >= 0.6 is 22.6 Å². The van der Waals surface area contributed by atoms with Crippen LogP contribution in [0.25, 0.3) is 0 Å². The van der Waals surface area contributed by atoms with Crippen LogP contribution in [-0.4, -0.2) is 38.4 Å². The number of benzene rings is 2. The summed E-state index contributed by atoms with van der Waals surface area (Å²) in [6.45, 7) is 1.56. The molecule has 6 nitrogen and oxygen atoms in total. The average molecular weight is 608 g/mol. The molecule has 186 valence electrons. The van der Waals surface area contributed by atoms with Crippen LogP contribution in [0.1, 0.15) is 38.5 Å². The molecule has 2 aromatic rings. The lowest BCUT2D eigenvalue weighted by Gasteiger charge is -2.32. The number of nitrogens with one attached hydrogen (secondary N) is 3. The lowest BCUT2D eigenvalue weighted by Crippen LogP contribution is -2.44. The van der Waals surface area contributed by atoms with Gasteiger partial charge in [0.05, 0.1) is 11.4 Å². The van der Waals surface area contributed by atoms with Gasteiger partial charge in [0.1, 0.15) is 11.5 Å². The van der Waals surface area contributed by atoms with Crippen molar-refractivity contribution in [3.05, 3.63) is 51.4 Å². The largest absolute Gasteiger partial charge is 0.349 e. The van der Waals surface area contributed by atoms with Gasteiger partial charge >= 0.3 is 10.2 Å². The SMILES string of the molecule is O=S(=O)(Nc1ccc(F)c(F)c1Nc1ccc(I)cc1F)N1CCC(CNC2CCCC2)CC1. The van der Waals surface area contributed by atoms with Crippen molar-refractivity contribution in [1.82, 2.24) is 9.62 Å². The molecule has 0 unspecified atom stereocenters. The maximum absolute atomic E-state index is 14.6. The van der Waals surface area contributed by atoms with Crippen LogP contribution in [0.3, 0.4) is 0 Å². The maximum Gasteiger partial charge on any atom is 0.301 e. The fraction of sp³-hybridized carbons (Fsp3) is 0.478. The van der Waals surface area contributed by atoms with Gasteiger partial charge in [-0.05, 0) is 91.1 Å². The third-order valence-electron chi connectivity index (χ3n) is 6.49. The Balaban J connectivity index is 1.43. The van der Waals surface area contributed by atoms with Crippen LogP contribution < -0.4 is 15.4 Å². The summed E-state index contributed by atoms with van der Waals surface area (Å²) in [6.07, 6.45) is 6.37. The molecule has 0 spiro atoms. The topological polar surface area (TPSA) is 73.5 Å². The highest BCUT2D eigenvalue weighted by atomic mass is 127. The van der Waals surface area contributed by atoms with E-state index in [1.54, 1.807) is 6.07 Å². The number of nitrogens with zero attached hydrogens (tertiary/aromatic N) is 1. The predicted molar refractivity (Wildman–Crippen MR) is 136 cm³/mol. The summed E-state index contributed by atoms with van der Waals surface area (Å²) in [5.74, 6) is -2.74. The first-order chi connectivity index (χ1) is 16.2. The third kappa shape index (κ3) is 6.16. The summed E-state index contributed by atoms with van der Waals surface area (Å²) in [6, 6.07) is 6.74. The molecular weight excluding hydrogens is 580 g/mol. The predicted octanol–water partition coefficient (Wildman–Crippen LogP) is 5.35. The van der Waals surface area contributed by atoms with E-state index in [0.29, 0.717) is 28.6 Å². The number of hydrogen-bond acceptors (Lipinski definition) is 4. The molecule has 2 aliphatic rings. The van der Waals surface area contributed by atoms with Gasteiger partial charge < -0.3 is 10.6 Å². The number of hydrogen-bond donors (Lipinski definition) is 3. The van der Waals surface area contributed by atoms with Gasteiger partial charge in [0.15, 0.2) is 11.6 Å². The van der Waals surface area contributed by atoms with Gasteiger partial charge in [-0.2, -0.15) is 12.7 Å². The van der Waals surface area contributed by atoms with E-state index in [1.165, 1.54) is 42.1 Å². The zero-order valence-corrected chi connectivity index (χ0v) is 21.6. The minimum atomic E-state index is -4.01. The lowest BCUT2D eigenvalue weighted by atomic mass is 9.98. The smallest absolute Gasteiger partial charge is 0.301 e. The van der Waals surface area contributed by atoms with Gasteiger partial charge in [0, 0.05) is 22.7 Å². The first kappa shape index (κ1) is 25.5. The van der Waals surface area contributed by atoms with Crippen molar-refractivity contribution in [2.75, 3.05) is 29.7 Å². The van der Waals surface area contributed by atoms with Gasteiger partial charge in [-0.1, -0.05) is 12.8 Å². The number of anilines is 3. The summed E-state index contributed by atoms with van der Waals surface area (Å²) in [4.78, 5) is 0. The van der Waals surface area contributed by atoms with Gasteiger partial charge in [-0.25, -0.2) is 13.2 Å². The van der Waals surface area contributed by atoms with E-state index in [4.69, 9.17) is 0 Å². The highest BCUT2D eigenvalue weighted by molar-refractivity contribution is 14.1. The summed E-state index contributed by atoms with van der Waals surface area (Å²) >= 11 is 1.93. The average Bonchev–Trinajstić information content (AvgIpc) is 3.33. The Labute approximate surface area is 212 Å². The molecule has 0 atom stereocenters. The van der Waals surface area contributed by atoms with Gasteiger partial charge in [-0.3, -0.25) is 4.72 Å². The molecule has 0 radical (unpaired) electrons. The van der Waals surface area contributed by atoms with Crippen LogP contribution in [0.2, 0.25) is 0 Å². The fourth-order valence-electron chi connectivity index (χ4n) is 4.50. The normalized spacial score (nSPS) is 18.4. The van der Waals surface area contributed by atoms with Gasteiger partial charge in [-0.15, -0.1) is 0 Å². The highest BCUT2D eigenvalue weighted by Gasteiger charge is 2.30. The minimum absolute atomic E-state index is 0.0964. The van der Waals surface area contributed by atoms with E-state index in [9.17, 15) is 21.6 Å². The van der Waals surface area contributed by atoms with E-state index in [0.717, 1.165) is 31.5 Å². The molecule has 1 saturated heterocycles. The molecule has 0 amide bonds. The summed E-state index contributed by atoms with van der Waals surface area (Å²) in [5.41, 5.74) is -0.762. The highest BCUT2D eigenvalue weighted by Crippen LogP contribution is 2.33. The van der Waals surface area contributed by atoms with Crippen LogP contribution in [0, 0.1) is 26.9 Å². The number of piperidine rings is 1. The van der Waals surface area contributed by atoms with Crippen molar-refractivity contribution in [2.45, 2.75) is 44.6 Å². The maximum atomic E-state index is 14.6. The van der Waals surface area contributed by atoms with Crippen LogP contribution in [0.15, 0.2) is 30.3 Å². The standard InChI is InChI=1S/C23H28F3IN4O2S/c24-18-6-8-21(23(22(18)26)29-20-7-5-16(27)13-19(20)25)30-34(32,33)31-11-9-15(10-12-31)14-28-17-3-1-2-4-17/h5-8,13,15,17,28-30H,1-4,9-12,14H2. The molecule has 4 rings (SSSR count). The van der Waals surface area contributed by atoms with Crippen LogP contribution in [0.5, 0.6) is 0 Å². The van der Waals surface area contributed by atoms with Crippen molar-refractivity contribution in [1.29, 1.82) is 0 Å². The molecule has 3 N–H and O–H groups in total. The lowest BCUT2D eigenvalue weighted by molar-refractivity contribution is 0.262. The molecule has 1 aliphatic carbocycles. The van der Waals surface area contributed by atoms with Crippen molar-refractivity contribution < 1.29 is 21.6 Å². The molecular formula is C23H28F3IN4O2S. The van der Waals surface area contributed by atoms with E-state index in [-0.39, 0.29) is 11.4 Å². The number of rotatable bonds is 8. The van der Waals surface area contributed by atoms with E-state index in [1.807, 2.05) is 22.6 Å². The Morgan fingerprint density at radius 3 is 2.29 bits per heavy atom.